The Morgan fingerprint density at radius 1 is 0.324 bits per heavy atom. The highest BCUT2D eigenvalue weighted by atomic mass is 16.6. The minimum absolute atomic E-state index is 0.0837. The fourth-order valence-corrected chi connectivity index (χ4v) is 8.39. The van der Waals surface area contributed by atoms with Crippen LogP contribution in [0.15, 0.2) is 60.8 Å². The van der Waals surface area contributed by atoms with Crippen molar-refractivity contribution in [2.45, 2.75) is 303 Å². The number of carbonyl (C=O) groups excluding carboxylic acids is 3. The summed E-state index contributed by atoms with van der Waals surface area (Å²) in [4.78, 5) is 38.2. The zero-order chi connectivity index (χ0) is 49.3. The molecule has 0 saturated heterocycles. The molecule has 1 unspecified atom stereocenters. The summed E-state index contributed by atoms with van der Waals surface area (Å²) in [6.45, 7) is 6.53. The van der Waals surface area contributed by atoms with E-state index in [1.54, 1.807) is 0 Å². The van der Waals surface area contributed by atoms with Crippen LogP contribution in [-0.4, -0.2) is 37.2 Å². The lowest BCUT2D eigenvalue weighted by Gasteiger charge is -2.18. The number of ether oxygens (including phenoxy) is 3. The third-order valence-corrected chi connectivity index (χ3v) is 12.8. The molecule has 6 heteroatoms. The molecule has 0 radical (unpaired) electrons. The molecule has 0 aliphatic carbocycles. The maximum absolute atomic E-state index is 12.8. The molecule has 0 aliphatic rings. The van der Waals surface area contributed by atoms with Crippen LogP contribution >= 0.6 is 0 Å². The van der Waals surface area contributed by atoms with E-state index in [0.717, 1.165) is 89.9 Å². The average molecular weight is 952 g/mol. The molecule has 0 aromatic rings. The lowest BCUT2D eigenvalue weighted by molar-refractivity contribution is -0.167. The minimum Gasteiger partial charge on any atom is -0.462 e. The smallest absolute Gasteiger partial charge is 0.306 e. The van der Waals surface area contributed by atoms with Gasteiger partial charge in [0.25, 0.3) is 0 Å². The maximum Gasteiger partial charge on any atom is 0.306 e. The number of unbranched alkanes of at least 4 members (excludes halogenated alkanes) is 33. The van der Waals surface area contributed by atoms with Gasteiger partial charge in [0.2, 0.25) is 0 Å². The molecule has 0 aliphatic heterocycles. The first-order valence-corrected chi connectivity index (χ1v) is 29.3. The fraction of sp³-hybridized carbons (Fsp3) is 0.790. The van der Waals surface area contributed by atoms with Gasteiger partial charge in [0.05, 0.1) is 0 Å². The van der Waals surface area contributed by atoms with Crippen LogP contribution in [0.25, 0.3) is 0 Å². The molecule has 0 bridgehead atoms. The van der Waals surface area contributed by atoms with Crippen molar-refractivity contribution >= 4 is 17.9 Å². The zero-order valence-electron chi connectivity index (χ0n) is 45.1. The zero-order valence-corrected chi connectivity index (χ0v) is 45.1. The van der Waals surface area contributed by atoms with Crippen LogP contribution in [0.4, 0.5) is 0 Å². The Balaban J connectivity index is 4.39. The van der Waals surface area contributed by atoms with Crippen molar-refractivity contribution in [3.05, 3.63) is 60.8 Å². The Labute approximate surface area is 421 Å². The molecule has 394 valence electrons. The van der Waals surface area contributed by atoms with Crippen LogP contribution in [0, 0.1) is 0 Å². The predicted octanol–water partition coefficient (Wildman–Crippen LogP) is 19.6. The lowest BCUT2D eigenvalue weighted by Crippen LogP contribution is -2.30. The van der Waals surface area contributed by atoms with Gasteiger partial charge in [-0.1, -0.05) is 261 Å². The van der Waals surface area contributed by atoms with Gasteiger partial charge in [0, 0.05) is 19.3 Å². The minimum atomic E-state index is -0.789. The van der Waals surface area contributed by atoms with Crippen LogP contribution in [0.2, 0.25) is 0 Å². The molecule has 0 spiro atoms. The molecule has 0 amide bonds. The molecule has 0 aromatic carbocycles. The van der Waals surface area contributed by atoms with Gasteiger partial charge in [-0.05, 0) is 77.0 Å². The van der Waals surface area contributed by atoms with Gasteiger partial charge in [-0.2, -0.15) is 0 Å². The van der Waals surface area contributed by atoms with E-state index in [2.05, 4.69) is 81.5 Å². The highest BCUT2D eigenvalue weighted by molar-refractivity contribution is 5.71. The van der Waals surface area contributed by atoms with Gasteiger partial charge in [-0.15, -0.1) is 0 Å². The topological polar surface area (TPSA) is 78.9 Å². The summed E-state index contributed by atoms with van der Waals surface area (Å²) in [6, 6.07) is 0. The molecule has 6 nitrogen and oxygen atoms in total. The van der Waals surface area contributed by atoms with Gasteiger partial charge in [-0.3, -0.25) is 14.4 Å². The van der Waals surface area contributed by atoms with Crippen LogP contribution in [-0.2, 0) is 28.6 Å². The second-order valence-corrected chi connectivity index (χ2v) is 19.6. The van der Waals surface area contributed by atoms with Crippen LogP contribution in [0.5, 0.6) is 0 Å². The monoisotopic (exact) mass is 951 g/mol. The Bertz CT molecular complexity index is 1230. The van der Waals surface area contributed by atoms with E-state index in [0.29, 0.717) is 19.3 Å². The van der Waals surface area contributed by atoms with Gasteiger partial charge in [-0.25, -0.2) is 0 Å². The first-order valence-electron chi connectivity index (χ1n) is 29.3. The van der Waals surface area contributed by atoms with Crippen molar-refractivity contribution in [3.8, 4) is 0 Å². The SMILES string of the molecule is CC/C=C\C/C=C\C/C=C\CCCCCCCCCCCC(=O)OCC(COC(=O)CCCCCCCCCCCCCCCCC)OC(=O)CCCCC/C=C\C=C/CCCCCCCCC. The third-order valence-electron chi connectivity index (χ3n) is 12.8. The van der Waals surface area contributed by atoms with E-state index in [9.17, 15) is 14.4 Å². The second-order valence-electron chi connectivity index (χ2n) is 19.6. The quantitative estimate of drug-likeness (QED) is 0.0199. The number of hydrogen-bond acceptors (Lipinski definition) is 6. The van der Waals surface area contributed by atoms with Gasteiger partial charge in [0.15, 0.2) is 6.10 Å². The van der Waals surface area contributed by atoms with E-state index in [1.807, 2.05) is 0 Å². The molecule has 1 atom stereocenters. The summed E-state index contributed by atoms with van der Waals surface area (Å²) >= 11 is 0. The van der Waals surface area contributed by atoms with Gasteiger partial charge < -0.3 is 14.2 Å². The molecule has 0 saturated carbocycles. The summed E-state index contributed by atoms with van der Waals surface area (Å²) in [5, 5.41) is 0. The maximum atomic E-state index is 12.8. The summed E-state index contributed by atoms with van der Waals surface area (Å²) in [5.41, 5.74) is 0. The second kappa shape index (κ2) is 56.7. The van der Waals surface area contributed by atoms with Crippen LogP contribution in [0.3, 0.4) is 0 Å². The Hall–Kier alpha value is -2.89. The summed E-state index contributed by atoms with van der Waals surface area (Å²) < 4.78 is 16.9. The van der Waals surface area contributed by atoms with Gasteiger partial charge in [0.1, 0.15) is 13.2 Å². The summed E-state index contributed by atoms with van der Waals surface area (Å²) in [7, 11) is 0. The molecule has 0 N–H and O–H groups in total. The Morgan fingerprint density at radius 3 is 1.00 bits per heavy atom. The highest BCUT2D eigenvalue weighted by Crippen LogP contribution is 2.16. The van der Waals surface area contributed by atoms with Crippen molar-refractivity contribution in [3.63, 3.8) is 0 Å². The molecule has 0 rings (SSSR count). The molecular weight excluding hydrogens is 841 g/mol. The van der Waals surface area contributed by atoms with Crippen molar-refractivity contribution in [2.24, 2.45) is 0 Å². The van der Waals surface area contributed by atoms with Gasteiger partial charge >= 0.3 is 17.9 Å². The van der Waals surface area contributed by atoms with E-state index in [-0.39, 0.29) is 31.1 Å². The molecule has 0 fully saturated rings. The Morgan fingerprint density at radius 2 is 0.618 bits per heavy atom. The van der Waals surface area contributed by atoms with Crippen molar-refractivity contribution < 1.29 is 28.6 Å². The number of carbonyl (C=O) groups is 3. The Kier molecular flexibility index (Phi) is 54.3. The fourth-order valence-electron chi connectivity index (χ4n) is 8.39. The van der Waals surface area contributed by atoms with Crippen molar-refractivity contribution in [1.29, 1.82) is 0 Å². The molecule has 0 aromatic heterocycles. The normalized spacial score (nSPS) is 12.5. The molecule has 0 heterocycles. The molecular formula is C62H110O6. The summed E-state index contributed by atoms with van der Waals surface area (Å²) in [5.74, 6) is -0.903. The highest BCUT2D eigenvalue weighted by Gasteiger charge is 2.19. The van der Waals surface area contributed by atoms with Crippen molar-refractivity contribution in [1.82, 2.24) is 0 Å². The standard InChI is InChI=1S/C62H110O6/c1-4-7-10-13-16-19-22-25-28-30-31-32-35-37-40-43-46-49-52-55-61(64)67-58-59(57-66-60(63)54-51-48-45-42-39-36-33-27-24-21-18-15-12-9-6-3)68-62(65)56-53-50-47-44-41-38-34-29-26-23-20-17-14-11-8-5-2/h7,10,16,19,25,28-29,34,38,41,59H,4-6,8-9,11-15,17-18,20-24,26-27,30-33,35-37,39-40,42-58H2,1-3H3/b10-7-,19-16-,28-25-,34-29-,41-38-. The van der Waals surface area contributed by atoms with Crippen molar-refractivity contribution in [2.75, 3.05) is 13.2 Å². The lowest BCUT2D eigenvalue weighted by atomic mass is 10.0. The third kappa shape index (κ3) is 54.1. The average Bonchev–Trinajstić information content (AvgIpc) is 3.34. The number of hydrogen-bond donors (Lipinski definition) is 0. The predicted molar refractivity (Wildman–Crippen MR) is 293 cm³/mol. The first-order chi connectivity index (χ1) is 33.5. The van der Waals surface area contributed by atoms with Crippen LogP contribution < -0.4 is 0 Å². The van der Waals surface area contributed by atoms with E-state index in [4.69, 9.17) is 14.2 Å². The van der Waals surface area contributed by atoms with E-state index < -0.39 is 6.10 Å². The largest absolute Gasteiger partial charge is 0.462 e. The number of allylic oxidation sites excluding steroid dienone is 10. The first kappa shape index (κ1) is 65.1. The van der Waals surface area contributed by atoms with E-state index in [1.165, 1.54) is 167 Å². The summed E-state index contributed by atoms with van der Waals surface area (Å²) in [6.07, 6.45) is 70.7. The van der Waals surface area contributed by atoms with E-state index >= 15 is 0 Å². The van der Waals surface area contributed by atoms with Crippen LogP contribution in [0.1, 0.15) is 297 Å². The number of rotatable bonds is 53. The number of esters is 3. The molecule has 68 heavy (non-hydrogen) atoms.